The third kappa shape index (κ3) is 9.38. The van der Waals surface area contributed by atoms with Crippen molar-refractivity contribution in [2.24, 2.45) is 0 Å². The molecule has 2 atom stereocenters. The van der Waals surface area contributed by atoms with Crippen LogP contribution < -0.4 is 0 Å². The van der Waals surface area contributed by atoms with Crippen LogP contribution >= 0.6 is 0 Å². The second kappa shape index (κ2) is 13.7. The maximum atomic E-state index is 11.2. The lowest BCUT2D eigenvalue weighted by molar-refractivity contribution is 0.0460. The van der Waals surface area contributed by atoms with Gasteiger partial charge in [0.15, 0.2) is 16.8 Å². The van der Waals surface area contributed by atoms with Crippen molar-refractivity contribution >= 4 is 37.9 Å². The van der Waals surface area contributed by atoms with Crippen LogP contribution in [0.3, 0.4) is 0 Å². The standard InChI is InChI=1S/C16H17O3S.C8H18O3S/c1-18-16(17)19-13-9-10-20(11-13)15-8-4-6-12-5-2-3-7-14(12)15;1-2-3-4-5-6-7-8-12(9,10)11/h2-8,13H,9-11H2,1H3;2-8H2,1H3,(H,9,10,11)/q+1;/p-1. The number of ether oxygens (including phenoxy) is 2. The second-order valence-electron chi connectivity index (χ2n) is 7.85. The topological polar surface area (TPSA) is 92.7 Å². The SMILES string of the molecule is CCCCCCCCS(=O)(=O)[O-].COC(=O)OC1CC[S+](c2cccc3ccccc23)C1. The first-order valence-corrected chi connectivity index (χ1v) is 14.3. The summed E-state index contributed by atoms with van der Waals surface area (Å²) in [7, 11) is -2.46. The van der Waals surface area contributed by atoms with Gasteiger partial charge in [-0.25, -0.2) is 13.2 Å². The second-order valence-corrected chi connectivity index (χ2v) is 11.5. The number of benzene rings is 2. The Morgan fingerprint density at radius 3 is 2.47 bits per heavy atom. The third-order valence-electron chi connectivity index (χ3n) is 5.31. The largest absolute Gasteiger partial charge is 0.748 e. The Bertz CT molecular complexity index is 939. The number of methoxy groups -OCH3 is 1. The molecule has 0 aliphatic carbocycles. The van der Waals surface area contributed by atoms with Crippen molar-refractivity contribution in [3.63, 3.8) is 0 Å². The van der Waals surface area contributed by atoms with Crippen LogP contribution in [-0.4, -0.2) is 49.6 Å². The maximum absolute atomic E-state index is 11.2. The van der Waals surface area contributed by atoms with Gasteiger partial charge >= 0.3 is 6.16 Å². The van der Waals surface area contributed by atoms with Crippen LogP contribution in [0, 0.1) is 0 Å². The van der Waals surface area contributed by atoms with Gasteiger partial charge in [-0.15, -0.1) is 0 Å². The number of carbonyl (C=O) groups excluding carboxylic acids is 1. The molecule has 1 fully saturated rings. The van der Waals surface area contributed by atoms with Gasteiger partial charge in [0.25, 0.3) is 0 Å². The Morgan fingerprint density at radius 2 is 1.75 bits per heavy atom. The number of carbonyl (C=O) groups is 1. The van der Waals surface area contributed by atoms with Crippen LogP contribution in [0.1, 0.15) is 51.9 Å². The lowest BCUT2D eigenvalue weighted by Crippen LogP contribution is -2.19. The van der Waals surface area contributed by atoms with E-state index >= 15 is 0 Å². The number of hydrogen-bond acceptors (Lipinski definition) is 6. The summed E-state index contributed by atoms with van der Waals surface area (Å²) >= 11 is 0. The van der Waals surface area contributed by atoms with E-state index in [1.54, 1.807) is 0 Å². The van der Waals surface area contributed by atoms with Crippen molar-refractivity contribution in [2.75, 3.05) is 24.4 Å². The molecule has 0 radical (unpaired) electrons. The number of rotatable bonds is 9. The smallest absolute Gasteiger partial charge is 0.508 e. The minimum atomic E-state index is -3.97. The van der Waals surface area contributed by atoms with Crippen molar-refractivity contribution < 1.29 is 27.2 Å². The molecule has 2 aromatic rings. The highest BCUT2D eigenvalue weighted by atomic mass is 32.2. The molecule has 6 nitrogen and oxygen atoms in total. The summed E-state index contributed by atoms with van der Waals surface area (Å²) in [5.41, 5.74) is 0. The molecule has 0 amide bonds. The van der Waals surface area contributed by atoms with Gasteiger partial charge in [-0.05, 0) is 23.9 Å². The highest BCUT2D eigenvalue weighted by molar-refractivity contribution is 7.97. The molecule has 0 spiro atoms. The van der Waals surface area contributed by atoms with Crippen molar-refractivity contribution in [2.45, 2.75) is 62.9 Å². The zero-order chi connectivity index (χ0) is 23.4. The number of hydrogen-bond donors (Lipinski definition) is 0. The molecular formula is C24H34O6S2. The van der Waals surface area contributed by atoms with Gasteiger partial charge in [0, 0.05) is 28.5 Å². The number of unbranched alkanes of at least 4 members (excludes halogenated alkanes) is 5. The first-order valence-electron chi connectivity index (χ1n) is 11.2. The summed E-state index contributed by atoms with van der Waals surface area (Å²) < 4.78 is 40.3. The lowest BCUT2D eigenvalue weighted by Gasteiger charge is -2.08. The van der Waals surface area contributed by atoms with Gasteiger partial charge < -0.3 is 14.0 Å². The molecule has 1 aliphatic rings. The molecule has 0 bridgehead atoms. The van der Waals surface area contributed by atoms with Crippen LogP contribution in [-0.2, 0) is 30.5 Å². The first kappa shape index (κ1) is 26.5. The lowest BCUT2D eigenvalue weighted by atomic mass is 10.1. The highest BCUT2D eigenvalue weighted by Gasteiger charge is 2.38. The summed E-state index contributed by atoms with van der Waals surface area (Å²) in [6, 6.07) is 14.9. The molecule has 1 aliphatic heterocycles. The van der Waals surface area contributed by atoms with Crippen molar-refractivity contribution in [3.05, 3.63) is 42.5 Å². The Labute approximate surface area is 194 Å². The van der Waals surface area contributed by atoms with Gasteiger partial charge in [-0.2, -0.15) is 0 Å². The molecular weight excluding hydrogens is 448 g/mol. The van der Waals surface area contributed by atoms with Crippen LogP contribution in [0.5, 0.6) is 0 Å². The van der Waals surface area contributed by atoms with E-state index in [4.69, 9.17) is 4.74 Å². The molecule has 178 valence electrons. The van der Waals surface area contributed by atoms with Gasteiger partial charge in [-0.1, -0.05) is 69.4 Å². The van der Waals surface area contributed by atoms with E-state index in [2.05, 4.69) is 54.1 Å². The Kier molecular flexibility index (Phi) is 11.3. The van der Waals surface area contributed by atoms with E-state index in [9.17, 15) is 17.8 Å². The minimum Gasteiger partial charge on any atom is -0.748 e. The molecule has 3 rings (SSSR count). The zero-order valence-electron chi connectivity index (χ0n) is 19.0. The molecule has 8 heteroatoms. The van der Waals surface area contributed by atoms with Gasteiger partial charge in [0.05, 0.1) is 17.2 Å². The molecule has 2 aromatic carbocycles. The van der Waals surface area contributed by atoms with E-state index in [1.807, 2.05) is 0 Å². The average molecular weight is 483 g/mol. The third-order valence-corrected chi connectivity index (χ3v) is 8.58. The summed E-state index contributed by atoms with van der Waals surface area (Å²) in [6.07, 6.45) is 6.30. The fourth-order valence-corrected chi connectivity index (χ4v) is 6.77. The van der Waals surface area contributed by atoms with Crippen molar-refractivity contribution in [1.82, 2.24) is 0 Å². The van der Waals surface area contributed by atoms with E-state index in [-0.39, 0.29) is 22.8 Å². The molecule has 1 heterocycles. The first-order chi connectivity index (χ1) is 15.3. The normalized spacial score (nSPS) is 18.1. The van der Waals surface area contributed by atoms with Gasteiger partial charge in [-0.3, -0.25) is 0 Å². The predicted octanol–water partition coefficient (Wildman–Crippen LogP) is 5.26. The summed E-state index contributed by atoms with van der Waals surface area (Å²) in [5, 5.41) is 2.59. The Morgan fingerprint density at radius 1 is 1.06 bits per heavy atom. The Balaban J connectivity index is 0.000000262. The summed E-state index contributed by atoms with van der Waals surface area (Å²) in [4.78, 5) is 12.6. The van der Waals surface area contributed by atoms with Gasteiger partial charge in [0.1, 0.15) is 5.75 Å². The van der Waals surface area contributed by atoms with E-state index in [0.717, 1.165) is 37.2 Å². The molecule has 2 unspecified atom stereocenters. The molecule has 0 N–H and O–H groups in total. The van der Waals surface area contributed by atoms with E-state index in [1.165, 1.54) is 35.6 Å². The average Bonchev–Trinajstić information content (AvgIpc) is 3.23. The zero-order valence-corrected chi connectivity index (χ0v) is 20.6. The molecule has 1 saturated heterocycles. The molecule has 0 aromatic heterocycles. The Hall–Kier alpha value is -1.77. The molecule has 32 heavy (non-hydrogen) atoms. The van der Waals surface area contributed by atoms with Crippen LogP contribution in [0.15, 0.2) is 47.4 Å². The number of fused-ring (bicyclic) bond motifs is 1. The van der Waals surface area contributed by atoms with E-state index < -0.39 is 16.3 Å². The van der Waals surface area contributed by atoms with Crippen molar-refractivity contribution in [1.29, 1.82) is 0 Å². The quantitative estimate of drug-likeness (QED) is 0.209. The van der Waals surface area contributed by atoms with Crippen molar-refractivity contribution in [3.8, 4) is 0 Å². The highest BCUT2D eigenvalue weighted by Crippen LogP contribution is 2.30. The maximum Gasteiger partial charge on any atom is 0.508 e. The van der Waals surface area contributed by atoms with Gasteiger partial charge in [0.2, 0.25) is 0 Å². The van der Waals surface area contributed by atoms with Crippen LogP contribution in [0.4, 0.5) is 4.79 Å². The summed E-state index contributed by atoms with van der Waals surface area (Å²) in [5.74, 6) is 1.79. The fourth-order valence-electron chi connectivity index (χ4n) is 3.65. The van der Waals surface area contributed by atoms with E-state index in [0.29, 0.717) is 6.42 Å². The predicted molar refractivity (Wildman–Crippen MR) is 129 cm³/mol. The minimum absolute atomic E-state index is 0.00949. The monoisotopic (exact) mass is 482 g/mol. The fraction of sp³-hybridized carbons (Fsp3) is 0.542. The van der Waals surface area contributed by atoms with Crippen LogP contribution in [0.25, 0.3) is 10.8 Å². The van der Waals surface area contributed by atoms with Crippen LogP contribution in [0.2, 0.25) is 0 Å². The summed E-state index contributed by atoms with van der Waals surface area (Å²) in [6.45, 7) is 2.13. The molecule has 0 saturated carbocycles.